The van der Waals surface area contributed by atoms with Crippen LogP contribution in [0.3, 0.4) is 0 Å². The summed E-state index contributed by atoms with van der Waals surface area (Å²) in [5.41, 5.74) is 0.753. The Balaban J connectivity index is 1.84. The van der Waals surface area contributed by atoms with E-state index in [1.54, 1.807) is 12.1 Å². The lowest BCUT2D eigenvalue weighted by atomic mass is 10.2. The summed E-state index contributed by atoms with van der Waals surface area (Å²) in [7, 11) is 0. The SMILES string of the molecule is O=C1S/C(=C/c2cccc(F)c2)C(=O)N1Cc1ccccc1F. The fourth-order valence-corrected chi connectivity index (χ4v) is 3.02. The average molecular weight is 331 g/mol. The van der Waals surface area contributed by atoms with Crippen LogP contribution in [0.15, 0.2) is 53.4 Å². The Bertz CT molecular complexity index is 820. The van der Waals surface area contributed by atoms with Gasteiger partial charge >= 0.3 is 0 Å². The smallest absolute Gasteiger partial charge is 0.268 e. The highest BCUT2D eigenvalue weighted by Gasteiger charge is 2.35. The first-order valence-electron chi connectivity index (χ1n) is 6.79. The molecule has 3 rings (SSSR count). The van der Waals surface area contributed by atoms with Gasteiger partial charge in [0, 0.05) is 5.56 Å². The summed E-state index contributed by atoms with van der Waals surface area (Å²) >= 11 is 0.761. The lowest BCUT2D eigenvalue weighted by Gasteiger charge is -2.12. The molecule has 0 radical (unpaired) electrons. The van der Waals surface area contributed by atoms with Crippen molar-refractivity contribution in [3.05, 3.63) is 76.2 Å². The summed E-state index contributed by atoms with van der Waals surface area (Å²) in [6.07, 6.45) is 1.45. The highest BCUT2D eigenvalue weighted by atomic mass is 32.2. The van der Waals surface area contributed by atoms with Gasteiger partial charge in [0.25, 0.3) is 11.1 Å². The van der Waals surface area contributed by atoms with Gasteiger partial charge in [0.15, 0.2) is 0 Å². The largest absolute Gasteiger partial charge is 0.293 e. The number of nitrogens with zero attached hydrogens (tertiary/aromatic N) is 1. The number of hydrogen-bond acceptors (Lipinski definition) is 3. The molecule has 0 N–H and O–H groups in total. The minimum atomic E-state index is -0.507. The topological polar surface area (TPSA) is 37.4 Å². The highest BCUT2D eigenvalue weighted by Crippen LogP contribution is 2.33. The predicted octanol–water partition coefficient (Wildman–Crippen LogP) is 4.20. The van der Waals surface area contributed by atoms with Crippen molar-refractivity contribution in [2.75, 3.05) is 0 Å². The molecule has 1 fully saturated rings. The van der Waals surface area contributed by atoms with Gasteiger partial charge in [-0.15, -0.1) is 0 Å². The molecule has 1 heterocycles. The van der Waals surface area contributed by atoms with E-state index in [9.17, 15) is 18.4 Å². The van der Waals surface area contributed by atoms with Crippen LogP contribution in [0.5, 0.6) is 0 Å². The summed E-state index contributed by atoms with van der Waals surface area (Å²) < 4.78 is 26.9. The first-order valence-corrected chi connectivity index (χ1v) is 7.60. The van der Waals surface area contributed by atoms with Crippen LogP contribution in [0.1, 0.15) is 11.1 Å². The number of rotatable bonds is 3. The summed E-state index contributed by atoms with van der Waals surface area (Å²) in [6, 6.07) is 11.7. The quantitative estimate of drug-likeness (QED) is 0.791. The third-order valence-corrected chi connectivity index (χ3v) is 4.21. The monoisotopic (exact) mass is 331 g/mol. The van der Waals surface area contributed by atoms with Crippen molar-refractivity contribution in [2.45, 2.75) is 6.54 Å². The van der Waals surface area contributed by atoms with E-state index in [1.807, 2.05) is 0 Å². The van der Waals surface area contributed by atoms with Gasteiger partial charge in [0.1, 0.15) is 11.6 Å². The van der Waals surface area contributed by atoms with Gasteiger partial charge < -0.3 is 0 Å². The maximum atomic E-state index is 13.7. The van der Waals surface area contributed by atoms with Crippen LogP contribution < -0.4 is 0 Å². The van der Waals surface area contributed by atoms with Crippen LogP contribution in [-0.2, 0) is 11.3 Å². The van der Waals surface area contributed by atoms with E-state index in [1.165, 1.54) is 42.5 Å². The molecule has 0 atom stereocenters. The Hall–Kier alpha value is -2.47. The Labute approximate surface area is 135 Å². The molecule has 0 saturated carbocycles. The molecule has 116 valence electrons. The van der Waals surface area contributed by atoms with Crippen molar-refractivity contribution < 1.29 is 18.4 Å². The maximum Gasteiger partial charge on any atom is 0.293 e. The summed E-state index contributed by atoms with van der Waals surface area (Å²) in [5, 5.41) is -0.471. The second-order valence-corrected chi connectivity index (χ2v) is 5.91. The molecule has 1 aliphatic rings. The third-order valence-electron chi connectivity index (χ3n) is 3.31. The van der Waals surface area contributed by atoms with Crippen molar-refractivity contribution in [3.8, 4) is 0 Å². The number of carbonyl (C=O) groups is 2. The van der Waals surface area contributed by atoms with Crippen LogP contribution >= 0.6 is 11.8 Å². The van der Waals surface area contributed by atoms with E-state index >= 15 is 0 Å². The van der Waals surface area contributed by atoms with Crippen molar-refractivity contribution in [1.82, 2.24) is 4.90 Å². The van der Waals surface area contributed by atoms with Crippen LogP contribution in [0.4, 0.5) is 13.6 Å². The van der Waals surface area contributed by atoms with E-state index in [0.29, 0.717) is 5.56 Å². The molecule has 3 nitrogen and oxygen atoms in total. The van der Waals surface area contributed by atoms with Gasteiger partial charge in [-0.3, -0.25) is 14.5 Å². The number of hydrogen-bond donors (Lipinski definition) is 0. The number of amides is 2. The average Bonchev–Trinajstić information content (AvgIpc) is 2.77. The summed E-state index contributed by atoms with van der Waals surface area (Å²) in [5.74, 6) is -1.41. The van der Waals surface area contributed by atoms with E-state index in [2.05, 4.69) is 0 Å². The Morgan fingerprint density at radius 1 is 1.04 bits per heavy atom. The Kier molecular flexibility index (Phi) is 4.25. The molecule has 6 heteroatoms. The molecule has 0 unspecified atom stereocenters. The fraction of sp³-hybridized carbons (Fsp3) is 0.0588. The second-order valence-electron chi connectivity index (χ2n) is 4.91. The van der Waals surface area contributed by atoms with Gasteiger partial charge in [0.05, 0.1) is 11.4 Å². The zero-order valence-corrected chi connectivity index (χ0v) is 12.6. The van der Waals surface area contributed by atoms with Crippen LogP contribution in [0, 0.1) is 11.6 Å². The molecule has 2 aromatic carbocycles. The number of thioether (sulfide) groups is 1. The van der Waals surface area contributed by atoms with Gasteiger partial charge in [0.2, 0.25) is 0 Å². The van der Waals surface area contributed by atoms with E-state index in [4.69, 9.17) is 0 Å². The Morgan fingerprint density at radius 3 is 2.57 bits per heavy atom. The van der Waals surface area contributed by atoms with Gasteiger partial charge in [-0.1, -0.05) is 30.3 Å². The van der Waals surface area contributed by atoms with Crippen LogP contribution in [0.25, 0.3) is 6.08 Å². The molecule has 0 spiro atoms. The van der Waals surface area contributed by atoms with Crippen LogP contribution in [-0.4, -0.2) is 16.0 Å². The number of benzene rings is 2. The van der Waals surface area contributed by atoms with E-state index in [0.717, 1.165) is 16.7 Å². The molecule has 0 bridgehead atoms. The molecule has 2 amide bonds. The van der Waals surface area contributed by atoms with Gasteiger partial charge in [-0.05, 0) is 41.6 Å². The first kappa shape index (κ1) is 15.4. The first-order chi connectivity index (χ1) is 11.0. The number of carbonyl (C=O) groups excluding carboxylic acids is 2. The molecule has 0 aromatic heterocycles. The Morgan fingerprint density at radius 2 is 1.83 bits per heavy atom. The molecular weight excluding hydrogens is 320 g/mol. The van der Waals surface area contributed by atoms with Crippen molar-refractivity contribution in [3.63, 3.8) is 0 Å². The van der Waals surface area contributed by atoms with Crippen molar-refractivity contribution in [2.24, 2.45) is 0 Å². The lowest BCUT2D eigenvalue weighted by Crippen LogP contribution is -2.27. The zero-order valence-electron chi connectivity index (χ0n) is 11.8. The summed E-state index contributed by atoms with van der Waals surface area (Å²) in [6.45, 7) is -0.127. The van der Waals surface area contributed by atoms with Crippen molar-refractivity contribution in [1.29, 1.82) is 0 Å². The molecule has 23 heavy (non-hydrogen) atoms. The van der Waals surface area contributed by atoms with Crippen molar-refractivity contribution >= 4 is 29.0 Å². The third kappa shape index (κ3) is 3.32. The molecule has 0 aliphatic carbocycles. The lowest BCUT2D eigenvalue weighted by molar-refractivity contribution is -0.123. The molecule has 1 saturated heterocycles. The van der Waals surface area contributed by atoms with Gasteiger partial charge in [-0.2, -0.15) is 0 Å². The minimum Gasteiger partial charge on any atom is -0.268 e. The standard InChI is InChI=1S/C17H11F2NO2S/c18-13-6-3-4-11(8-13)9-15-16(21)20(17(22)23-15)10-12-5-1-2-7-14(12)19/h1-9H,10H2/b15-9+. The minimum absolute atomic E-state index is 0.127. The highest BCUT2D eigenvalue weighted by molar-refractivity contribution is 8.18. The molecular formula is C17H11F2NO2S. The number of imide groups is 1. The second kappa shape index (κ2) is 6.34. The zero-order chi connectivity index (χ0) is 16.4. The molecule has 2 aromatic rings. The van der Waals surface area contributed by atoms with Gasteiger partial charge in [-0.25, -0.2) is 8.78 Å². The fourth-order valence-electron chi connectivity index (χ4n) is 2.18. The summed E-state index contributed by atoms with van der Waals surface area (Å²) in [4.78, 5) is 25.5. The molecule has 1 aliphatic heterocycles. The van der Waals surface area contributed by atoms with Crippen LogP contribution in [0.2, 0.25) is 0 Å². The maximum absolute atomic E-state index is 13.7. The normalized spacial score (nSPS) is 16.4. The predicted molar refractivity (Wildman–Crippen MR) is 84.3 cm³/mol. The van der Waals surface area contributed by atoms with E-state index in [-0.39, 0.29) is 17.0 Å². The number of halogens is 2. The van der Waals surface area contributed by atoms with E-state index < -0.39 is 22.8 Å².